The number of anilines is 3. The molecule has 4 aromatic heterocycles. The van der Waals surface area contributed by atoms with Crippen LogP contribution in [0.5, 0.6) is 0 Å². The minimum atomic E-state index is 0.109. The summed E-state index contributed by atoms with van der Waals surface area (Å²) in [4.78, 5) is 30.3. The predicted molar refractivity (Wildman–Crippen MR) is 304 cm³/mol. The van der Waals surface area contributed by atoms with Gasteiger partial charge in [-0.15, -0.1) is 0 Å². The number of nitrogens with zero attached hydrogens (tertiary/aromatic N) is 10. The number of imidazole rings is 1. The van der Waals surface area contributed by atoms with Crippen LogP contribution in [0.15, 0.2) is 128 Å². The molecule has 1 aliphatic carbocycles. The van der Waals surface area contributed by atoms with Crippen molar-refractivity contribution in [2.24, 2.45) is 0 Å². The lowest BCUT2D eigenvalue weighted by atomic mass is 9.82. The summed E-state index contributed by atoms with van der Waals surface area (Å²) in [6, 6.07) is 33.5. The molecule has 7 aromatic rings. The smallest absolute Gasteiger partial charge is 0.233 e. The summed E-state index contributed by atoms with van der Waals surface area (Å²) in [6.07, 6.45) is 9.01. The first kappa shape index (κ1) is 68.4. The molecule has 1 aliphatic rings. The molecule has 0 unspecified atom stereocenters. The maximum Gasteiger partial charge on any atom is 0.233 e. The number of fused-ring (bicyclic) bond motifs is 4. The predicted octanol–water partition coefficient (Wildman–Crippen LogP) is 15.7. The molecule has 0 radical (unpaired) electrons. The molecule has 0 bridgehead atoms. The molecule has 10 nitrogen and oxygen atoms in total. The van der Waals surface area contributed by atoms with Crippen LogP contribution in [0.3, 0.4) is 0 Å². The molecule has 0 saturated heterocycles. The fraction of sp³-hybridized carbons (Fsp3) is 0.448. The van der Waals surface area contributed by atoms with E-state index in [1.165, 1.54) is 33.6 Å². The van der Waals surface area contributed by atoms with E-state index in [9.17, 15) is 0 Å². The number of benzene rings is 3. The number of pyridine rings is 1. The highest BCUT2D eigenvalue weighted by Crippen LogP contribution is 2.49. The largest absolute Gasteiger partial charge is 0.378 e. The minimum Gasteiger partial charge on any atom is -0.378 e. The average Bonchev–Trinajstić information content (AvgIpc) is 3.96. The molecule has 4 heterocycles. The molecule has 0 fully saturated rings. The Morgan fingerprint density at radius 1 is 0.397 bits per heavy atom. The Hall–Kier alpha value is -6.16. The summed E-state index contributed by atoms with van der Waals surface area (Å²) >= 11 is 0. The lowest BCUT2D eigenvalue weighted by Crippen LogP contribution is -2.16. The monoisotopic (exact) mass is 933 g/mol. The van der Waals surface area contributed by atoms with E-state index in [4.69, 9.17) is 0 Å². The number of hydrogen-bond donors (Lipinski definition) is 0. The van der Waals surface area contributed by atoms with Gasteiger partial charge in [-0.25, -0.2) is 29.9 Å². The first-order chi connectivity index (χ1) is 32.8. The highest BCUT2D eigenvalue weighted by atomic mass is 15.1. The van der Waals surface area contributed by atoms with Gasteiger partial charge in [-0.3, -0.25) is 4.40 Å². The number of rotatable bonds is 3. The van der Waals surface area contributed by atoms with Gasteiger partial charge in [0.1, 0.15) is 23.3 Å². The van der Waals surface area contributed by atoms with Crippen molar-refractivity contribution in [2.75, 3.05) is 57.0 Å². The molecule has 378 valence electrons. The topological polar surface area (TPSA) is 91.5 Å². The highest BCUT2D eigenvalue weighted by Gasteiger charge is 2.35. The molecule has 68 heavy (non-hydrogen) atoms. The Labute approximate surface area is 417 Å². The zero-order valence-corrected chi connectivity index (χ0v) is 47.6. The van der Waals surface area contributed by atoms with Gasteiger partial charge in [0.25, 0.3) is 0 Å². The molecule has 0 amide bonds. The Balaban J connectivity index is -0.000000363. The van der Waals surface area contributed by atoms with Crippen molar-refractivity contribution < 1.29 is 0 Å². The van der Waals surface area contributed by atoms with Gasteiger partial charge < -0.3 is 14.7 Å². The number of para-hydroxylation sites is 1. The fourth-order valence-electron chi connectivity index (χ4n) is 5.85. The second-order valence-corrected chi connectivity index (χ2v) is 13.8. The summed E-state index contributed by atoms with van der Waals surface area (Å²) in [5, 5.41) is 0. The van der Waals surface area contributed by atoms with Gasteiger partial charge in [0, 0.05) is 90.1 Å². The SMILES string of the molecule is CC.CC.CC.CC.CC.CC.CC.CN(C)c1ccc2c(c1)C(C)(C)c1ccccc1-2.CN(C)c1ccccc1.CN(C)c1ccccn1.Cc1nc(C)nc(C)n1.c1cnc2nccn2c1. The molecular formula is C58H96N10. The first-order valence-corrected chi connectivity index (χ1v) is 24.9. The van der Waals surface area contributed by atoms with E-state index >= 15 is 0 Å². The van der Waals surface area contributed by atoms with Crippen molar-refractivity contribution in [1.82, 2.24) is 34.3 Å². The van der Waals surface area contributed by atoms with Gasteiger partial charge >= 0.3 is 0 Å². The fourth-order valence-corrected chi connectivity index (χ4v) is 5.85. The molecule has 0 atom stereocenters. The Morgan fingerprint density at radius 2 is 0.838 bits per heavy atom. The van der Waals surface area contributed by atoms with E-state index < -0.39 is 0 Å². The normalized spacial score (nSPS) is 9.66. The van der Waals surface area contributed by atoms with Gasteiger partial charge in [0.05, 0.1) is 0 Å². The van der Waals surface area contributed by atoms with Crippen molar-refractivity contribution >= 4 is 23.0 Å². The van der Waals surface area contributed by atoms with E-state index in [1.54, 1.807) is 18.6 Å². The van der Waals surface area contributed by atoms with Gasteiger partial charge in [0.15, 0.2) is 0 Å². The van der Waals surface area contributed by atoms with E-state index in [2.05, 4.69) is 122 Å². The van der Waals surface area contributed by atoms with E-state index in [-0.39, 0.29) is 5.41 Å². The zero-order chi connectivity index (χ0) is 53.3. The third-order valence-electron chi connectivity index (χ3n) is 8.61. The zero-order valence-electron chi connectivity index (χ0n) is 47.6. The van der Waals surface area contributed by atoms with Crippen molar-refractivity contribution in [3.05, 3.63) is 157 Å². The van der Waals surface area contributed by atoms with Gasteiger partial charge in [0.2, 0.25) is 5.78 Å². The van der Waals surface area contributed by atoms with Crippen molar-refractivity contribution in [2.45, 2.75) is 137 Å². The van der Waals surface area contributed by atoms with E-state index in [0.717, 1.165) is 29.1 Å². The van der Waals surface area contributed by atoms with Gasteiger partial charge in [-0.2, -0.15) is 0 Å². The maximum atomic E-state index is 4.10. The van der Waals surface area contributed by atoms with Crippen LogP contribution in [-0.4, -0.2) is 76.6 Å². The molecule has 3 aromatic carbocycles. The highest BCUT2D eigenvalue weighted by molar-refractivity contribution is 5.82. The van der Waals surface area contributed by atoms with Crippen LogP contribution in [0.2, 0.25) is 0 Å². The molecule has 10 heteroatoms. The standard InChI is InChI=1S/C17H19N.C8H11N.C7H10N2.C6H5N3.C6H9N3.7C2H6/c1-17(2)15-8-6-5-7-13(15)14-10-9-12(18(3)4)11-16(14)17;1-9(2)8-6-4-3-5-7-8;1-9(2)7-5-3-4-6-8-7;1-2-7-6-8-3-5-9(6)4-1;1-4-7-5(2)9-6(3)8-4;7*1-2/h5-11H,1-4H3;3-7H,1-2H3;3-6H,1-2H3;1-5H;1-3H3;7*1-2H3. The molecular weight excluding hydrogens is 837 g/mol. The van der Waals surface area contributed by atoms with Crippen molar-refractivity contribution in [3.8, 4) is 11.1 Å². The van der Waals surface area contributed by atoms with Crippen LogP contribution >= 0.6 is 0 Å². The molecule has 0 spiro atoms. The first-order valence-electron chi connectivity index (χ1n) is 24.9. The van der Waals surface area contributed by atoms with E-state index in [1.807, 2.05) is 210 Å². The summed E-state index contributed by atoms with van der Waals surface area (Å²) in [5.74, 6) is 4.12. The third-order valence-corrected chi connectivity index (χ3v) is 8.61. The lowest BCUT2D eigenvalue weighted by Gasteiger charge is -2.23. The Morgan fingerprint density at radius 3 is 1.26 bits per heavy atom. The van der Waals surface area contributed by atoms with Crippen molar-refractivity contribution in [3.63, 3.8) is 0 Å². The second kappa shape index (κ2) is 42.2. The lowest BCUT2D eigenvalue weighted by molar-refractivity contribution is 0.660. The number of aryl methyl sites for hydroxylation is 3. The van der Waals surface area contributed by atoms with Crippen molar-refractivity contribution in [1.29, 1.82) is 0 Å². The van der Waals surface area contributed by atoms with Crippen LogP contribution in [-0.2, 0) is 5.41 Å². The van der Waals surface area contributed by atoms with Crippen LogP contribution in [0.4, 0.5) is 17.2 Å². The Bertz CT molecular complexity index is 2060. The van der Waals surface area contributed by atoms with E-state index in [0.29, 0.717) is 0 Å². The van der Waals surface area contributed by atoms with Gasteiger partial charge in [-0.1, -0.05) is 165 Å². The third kappa shape index (κ3) is 25.1. The molecule has 0 N–H and O–H groups in total. The van der Waals surface area contributed by atoms with Gasteiger partial charge in [-0.05, 0) is 85.5 Å². The Kier molecular flexibility index (Phi) is 42.5. The van der Waals surface area contributed by atoms with Crippen LogP contribution in [0.25, 0.3) is 16.9 Å². The molecule has 0 aliphatic heterocycles. The number of hydrogen-bond acceptors (Lipinski definition) is 9. The summed E-state index contributed by atoms with van der Waals surface area (Å²) in [7, 11) is 12.2. The van der Waals surface area contributed by atoms with Crippen LogP contribution in [0.1, 0.15) is 139 Å². The summed E-state index contributed by atoms with van der Waals surface area (Å²) in [5.41, 5.74) is 8.29. The molecule has 0 saturated carbocycles. The maximum absolute atomic E-state index is 4.10. The average molecular weight is 933 g/mol. The summed E-state index contributed by atoms with van der Waals surface area (Å²) in [6.45, 7) is 38.2. The second-order valence-electron chi connectivity index (χ2n) is 13.8. The number of aromatic nitrogens is 7. The van der Waals surface area contributed by atoms with Crippen LogP contribution in [0, 0.1) is 20.8 Å². The quantitative estimate of drug-likeness (QED) is 0.172. The van der Waals surface area contributed by atoms with Crippen LogP contribution < -0.4 is 14.7 Å². The molecule has 8 rings (SSSR count). The summed E-state index contributed by atoms with van der Waals surface area (Å²) < 4.78 is 1.86. The minimum absolute atomic E-state index is 0.109.